The van der Waals surface area contributed by atoms with Crippen LogP contribution in [0.3, 0.4) is 0 Å². The van der Waals surface area contributed by atoms with Crippen LogP contribution in [-0.4, -0.2) is 9.78 Å². The van der Waals surface area contributed by atoms with Crippen LogP contribution in [0.15, 0.2) is 54.6 Å². The zero-order chi connectivity index (χ0) is 17.3. The predicted molar refractivity (Wildman–Crippen MR) is 96.7 cm³/mol. The van der Waals surface area contributed by atoms with Crippen LogP contribution in [0.2, 0.25) is 0 Å². The van der Waals surface area contributed by atoms with Gasteiger partial charge in [-0.15, -0.1) is 0 Å². The SMILES string of the molecule is Cc1cccc(Nc2cc(C(C)(C)C)nn2-c2cccc(F)c2)c1. The van der Waals surface area contributed by atoms with Gasteiger partial charge >= 0.3 is 0 Å². The lowest BCUT2D eigenvalue weighted by Crippen LogP contribution is -2.12. The van der Waals surface area contributed by atoms with Crippen molar-refractivity contribution in [1.29, 1.82) is 0 Å². The lowest BCUT2D eigenvalue weighted by molar-refractivity contribution is 0.560. The molecule has 0 radical (unpaired) electrons. The molecule has 0 atom stereocenters. The van der Waals surface area contributed by atoms with E-state index in [9.17, 15) is 4.39 Å². The third kappa shape index (κ3) is 3.48. The fraction of sp³-hybridized carbons (Fsp3) is 0.250. The van der Waals surface area contributed by atoms with E-state index in [1.165, 1.54) is 17.7 Å². The van der Waals surface area contributed by atoms with Gasteiger partial charge in [-0.1, -0.05) is 39.0 Å². The molecule has 0 saturated heterocycles. The van der Waals surface area contributed by atoms with Crippen molar-refractivity contribution < 1.29 is 4.39 Å². The Balaban J connectivity index is 2.08. The first-order valence-corrected chi connectivity index (χ1v) is 8.03. The molecule has 24 heavy (non-hydrogen) atoms. The van der Waals surface area contributed by atoms with Crippen LogP contribution in [-0.2, 0) is 5.41 Å². The van der Waals surface area contributed by atoms with E-state index in [4.69, 9.17) is 5.10 Å². The molecule has 2 aromatic carbocycles. The maximum absolute atomic E-state index is 13.6. The molecular formula is C20H22FN3. The molecule has 4 heteroatoms. The molecular weight excluding hydrogens is 301 g/mol. The monoisotopic (exact) mass is 323 g/mol. The smallest absolute Gasteiger partial charge is 0.134 e. The summed E-state index contributed by atoms with van der Waals surface area (Å²) in [5.74, 6) is 0.540. The molecule has 0 aliphatic carbocycles. The molecule has 1 heterocycles. The molecule has 0 aliphatic heterocycles. The Bertz CT molecular complexity index is 859. The highest BCUT2D eigenvalue weighted by molar-refractivity contribution is 5.60. The third-order valence-corrected chi connectivity index (χ3v) is 3.82. The Labute approximate surface area is 142 Å². The molecule has 0 aliphatic rings. The summed E-state index contributed by atoms with van der Waals surface area (Å²) in [6.45, 7) is 8.39. The van der Waals surface area contributed by atoms with Crippen LogP contribution < -0.4 is 5.32 Å². The van der Waals surface area contributed by atoms with E-state index in [0.717, 1.165) is 17.2 Å². The Kier molecular flexibility index (Phi) is 4.14. The number of anilines is 2. The zero-order valence-electron chi connectivity index (χ0n) is 14.5. The molecule has 3 aromatic rings. The van der Waals surface area contributed by atoms with Gasteiger partial charge in [0.15, 0.2) is 0 Å². The molecule has 0 amide bonds. The van der Waals surface area contributed by atoms with Gasteiger partial charge in [0.25, 0.3) is 0 Å². The quantitative estimate of drug-likeness (QED) is 0.703. The van der Waals surface area contributed by atoms with Crippen molar-refractivity contribution in [1.82, 2.24) is 9.78 Å². The minimum absolute atomic E-state index is 0.0956. The third-order valence-electron chi connectivity index (χ3n) is 3.82. The van der Waals surface area contributed by atoms with Gasteiger partial charge in [-0.05, 0) is 42.8 Å². The standard InChI is InChI=1S/C20H22FN3/c1-14-7-5-9-16(11-14)22-19-13-18(20(2,3)4)23-24(19)17-10-6-8-15(21)12-17/h5-13,22H,1-4H3. The topological polar surface area (TPSA) is 29.9 Å². The molecule has 0 unspecified atom stereocenters. The molecule has 3 rings (SSSR count). The fourth-order valence-corrected chi connectivity index (χ4v) is 2.51. The average molecular weight is 323 g/mol. The van der Waals surface area contributed by atoms with Crippen LogP contribution in [0, 0.1) is 12.7 Å². The molecule has 0 spiro atoms. The Morgan fingerprint density at radius 1 is 1.00 bits per heavy atom. The molecule has 1 aromatic heterocycles. The van der Waals surface area contributed by atoms with Gasteiger partial charge in [0.05, 0.1) is 11.4 Å². The Hall–Kier alpha value is -2.62. The lowest BCUT2D eigenvalue weighted by Gasteiger charge is -2.14. The summed E-state index contributed by atoms with van der Waals surface area (Å²) in [7, 11) is 0. The zero-order valence-corrected chi connectivity index (χ0v) is 14.5. The van der Waals surface area contributed by atoms with Gasteiger partial charge in [-0.2, -0.15) is 5.10 Å². The van der Waals surface area contributed by atoms with Crippen molar-refractivity contribution in [3.05, 3.63) is 71.7 Å². The van der Waals surface area contributed by atoms with E-state index in [1.54, 1.807) is 10.7 Å². The second kappa shape index (κ2) is 6.11. The number of benzene rings is 2. The summed E-state index contributed by atoms with van der Waals surface area (Å²) in [5.41, 5.74) is 3.70. The van der Waals surface area contributed by atoms with Crippen LogP contribution in [0.5, 0.6) is 0 Å². The first-order valence-electron chi connectivity index (χ1n) is 8.03. The summed E-state index contributed by atoms with van der Waals surface area (Å²) >= 11 is 0. The highest BCUT2D eigenvalue weighted by atomic mass is 19.1. The van der Waals surface area contributed by atoms with E-state index in [1.807, 2.05) is 24.3 Å². The van der Waals surface area contributed by atoms with Crippen molar-refractivity contribution in [2.45, 2.75) is 33.1 Å². The van der Waals surface area contributed by atoms with E-state index >= 15 is 0 Å². The van der Waals surface area contributed by atoms with Gasteiger partial charge in [0, 0.05) is 17.2 Å². The highest BCUT2D eigenvalue weighted by Gasteiger charge is 2.20. The van der Waals surface area contributed by atoms with Gasteiger partial charge < -0.3 is 5.32 Å². The summed E-state index contributed by atoms with van der Waals surface area (Å²) in [6.07, 6.45) is 0. The number of nitrogens with zero attached hydrogens (tertiary/aromatic N) is 2. The number of rotatable bonds is 3. The van der Waals surface area contributed by atoms with Crippen molar-refractivity contribution in [3.63, 3.8) is 0 Å². The van der Waals surface area contributed by atoms with E-state index in [0.29, 0.717) is 5.69 Å². The predicted octanol–water partition coefficient (Wildman–Crippen LogP) is 5.36. The first-order chi connectivity index (χ1) is 11.3. The van der Waals surface area contributed by atoms with Crippen molar-refractivity contribution in [2.24, 2.45) is 0 Å². The minimum atomic E-state index is -0.276. The number of hydrogen-bond donors (Lipinski definition) is 1. The molecule has 0 bridgehead atoms. The van der Waals surface area contributed by atoms with Gasteiger partial charge in [-0.3, -0.25) is 0 Å². The number of aromatic nitrogens is 2. The first kappa shape index (κ1) is 16.2. The summed E-state index contributed by atoms with van der Waals surface area (Å²) < 4.78 is 15.4. The number of nitrogens with one attached hydrogen (secondary N) is 1. The minimum Gasteiger partial charge on any atom is -0.340 e. The number of aryl methyl sites for hydroxylation is 1. The molecule has 0 fully saturated rings. The summed E-state index contributed by atoms with van der Waals surface area (Å²) in [5, 5.41) is 8.10. The maximum atomic E-state index is 13.6. The Morgan fingerprint density at radius 3 is 2.42 bits per heavy atom. The van der Waals surface area contributed by atoms with Crippen LogP contribution in [0.25, 0.3) is 5.69 Å². The second-order valence-electron chi connectivity index (χ2n) is 7.05. The number of hydrogen-bond acceptors (Lipinski definition) is 2. The molecule has 124 valence electrons. The van der Waals surface area contributed by atoms with Gasteiger partial charge in [0.1, 0.15) is 11.6 Å². The van der Waals surface area contributed by atoms with Gasteiger partial charge in [0.2, 0.25) is 0 Å². The van der Waals surface area contributed by atoms with E-state index in [2.05, 4.69) is 45.1 Å². The summed E-state index contributed by atoms with van der Waals surface area (Å²) in [6, 6.07) is 16.6. The van der Waals surface area contributed by atoms with E-state index in [-0.39, 0.29) is 11.2 Å². The lowest BCUT2D eigenvalue weighted by atomic mass is 9.92. The molecule has 3 nitrogen and oxygen atoms in total. The average Bonchev–Trinajstić information content (AvgIpc) is 2.91. The van der Waals surface area contributed by atoms with Crippen molar-refractivity contribution in [3.8, 4) is 5.69 Å². The van der Waals surface area contributed by atoms with Crippen molar-refractivity contribution >= 4 is 11.5 Å². The second-order valence-corrected chi connectivity index (χ2v) is 7.05. The van der Waals surface area contributed by atoms with Crippen molar-refractivity contribution in [2.75, 3.05) is 5.32 Å². The maximum Gasteiger partial charge on any atom is 0.134 e. The number of halogens is 1. The highest BCUT2D eigenvalue weighted by Crippen LogP contribution is 2.28. The van der Waals surface area contributed by atoms with Crippen LogP contribution in [0.1, 0.15) is 32.0 Å². The molecule has 0 saturated carbocycles. The summed E-state index contributed by atoms with van der Waals surface area (Å²) in [4.78, 5) is 0. The fourth-order valence-electron chi connectivity index (χ4n) is 2.51. The van der Waals surface area contributed by atoms with Crippen LogP contribution in [0.4, 0.5) is 15.9 Å². The largest absolute Gasteiger partial charge is 0.340 e. The Morgan fingerprint density at radius 2 is 1.75 bits per heavy atom. The van der Waals surface area contributed by atoms with E-state index < -0.39 is 0 Å². The van der Waals surface area contributed by atoms with Crippen LogP contribution >= 0.6 is 0 Å². The normalized spacial score (nSPS) is 11.5. The van der Waals surface area contributed by atoms with Gasteiger partial charge in [-0.25, -0.2) is 9.07 Å². The molecule has 1 N–H and O–H groups in total.